The van der Waals surface area contributed by atoms with Crippen LogP contribution in [0.3, 0.4) is 0 Å². The van der Waals surface area contributed by atoms with Crippen LogP contribution in [-0.2, 0) is 9.53 Å². The number of benzene rings is 2. The number of ether oxygens (including phenoxy) is 2. The van der Waals surface area contributed by atoms with Gasteiger partial charge in [-0.05, 0) is 88.7 Å². The third-order valence-corrected chi connectivity index (χ3v) is 9.13. The fourth-order valence-corrected chi connectivity index (χ4v) is 8.14. The van der Waals surface area contributed by atoms with Crippen molar-refractivity contribution < 1.29 is 14.3 Å². The smallest absolute Gasteiger partial charge is 0.338 e. The lowest BCUT2D eigenvalue weighted by Gasteiger charge is -2.24. The average molecular weight is 768 g/mol. The summed E-state index contributed by atoms with van der Waals surface area (Å²) in [4.78, 5) is 33.7. The van der Waals surface area contributed by atoms with Gasteiger partial charge in [0.2, 0.25) is 0 Å². The highest BCUT2D eigenvalue weighted by Gasteiger charge is 2.35. The van der Waals surface area contributed by atoms with E-state index >= 15 is 0 Å². The van der Waals surface area contributed by atoms with Gasteiger partial charge in [-0.25, -0.2) is 9.79 Å². The van der Waals surface area contributed by atoms with E-state index in [9.17, 15) is 9.59 Å². The maximum atomic E-state index is 14.0. The number of fused-ring (bicyclic) bond motifs is 1. The number of hydrogen-bond donors (Lipinski definition) is 0. The van der Waals surface area contributed by atoms with Crippen molar-refractivity contribution >= 4 is 85.6 Å². The van der Waals surface area contributed by atoms with Gasteiger partial charge in [-0.2, -0.15) is 0 Å². The Morgan fingerprint density at radius 2 is 1.89 bits per heavy atom. The largest absolute Gasteiger partial charge is 0.492 e. The molecule has 6 nitrogen and oxygen atoms in total. The first-order chi connectivity index (χ1) is 18.4. The normalized spacial score (nSPS) is 15.3. The Balaban J connectivity index is 1.81. The second-order valence-corrected chi connectivity index (χ2v) is 12.6. The van der Waals surface area contributed by atoms with Crippen LogP contribution in [0.25, 0.3) is 11.8 Å². The molecule has 0 radical (unpaired) electrons. The van der Waals surface area contributed by atoms with Crippen LogP contribution < -0.4 is 19.6 Å². The summed E-state index contributed by atoms with van der Waals surface area (Å²) in [7, 11) is 0. The van der Waals surface area contributed by atoms with Crippen LogP contribution in [0.4, 0.5) is 0 Å². The van der Waals surface area contributed by atoms with Crippen LogP contribution in [0.15, 0.2) is 75.3 Å². The van der Waals surface area contributed by atoms with E-state index in [-0.39, 0.29) is 12.2 Å². The van der Waals surface area contributed by atoms with Crippen LogP contribution in [0.2, 0.25) is 0 Å². The van der Waals surface area contributed by atoms with E-state index in [1.807, 2.05) is 73.0 Å². The third-order valence-electron chi connectivity index (χ3n) is 5.80. The Hall–Kier alpha value is -2.29. The SMILES string of the molecule is CCOC(=O)C1=C(c2ccccc2)N=c2s/c(=C\c3cc(I)cc(I)c3OCC)c(=O)n2[C@@H]1c1cccs1. The van der Waals surface area contributed by atoms with Crippen LogP contribution in [0.1, 0.15) is 35.9 Å². The summed E-state index contributed by atoms with van der Waals surface area (Å²) in [6.45, 7) is 4.45. The van der Waals surface area contributed by atoms with Crippen molar-refractivity contribution in [1.29, 1.82) is 0 Å². The number of thiophene rings is 1. The number of rotatable bonds is 7. The number of nitrogens with zero attached hydrogens (tertiary/aromatic N) is 2. The molecular weight excluding hydrogens is 746 g/mol. The summed E-state index contributed by atoms with van der Waals surface area (Å²) in [6.07, 6.45) is 1.86. The van der Waals surface area contributed by atoms with E-state index in [4.69, 9.17) is 14.5 Å². The van der Waals surface area contributed by atoms with Crippen LogP contribution in [0, 0.1) is 7.14 Å². The predicted octanol–water partition coefficient (Wildman–Crippen LogP) is 5.61. The summed E-state index contributed by atoms with van der Waals surface area (Å²) in [5.41, 5.74) is 2.29. The van der Waals surface area contributed by atoms with E-state index in [1.165, 1.54) is 22.7 Å². The summed E-state index contributed by atoms with van der Waals surface area (Å²) in [5.74, 6) is 0.264. The molecule has 5 rings (SSSR count). The Morgan fingerprint density at radius 3 is 2.58 bits per heavy atom. The maximum Gasteiger partial charge on any atom is 0.338 e. The lowest BCUT2D eigenvalue weighted by molar-refractivity contribution is -0.138. The lowest BCUT2D eigenvalue weighted by Crippen LogP contribution is -2.39. The van der Waals surface area contributed by atoms with Crippen molar-refractivity contribution in [2.75, 3.05) is 13.2 Å². The molecule has 0 saturated carbocycles. The molecule has 1 aliphatic heterocycles. The number of halogens is 2. The second-order valence-electron chi connectivity index (χ2n) is 8.19. The molecule has 0 spiro atoms. The molecular formula is C28H22I2N2O4S2. The average Bonchev–Trinajstić information content (AvgIpc) is 3.54. The van der Waals surface area contributed by atoms with Gasteiger partial charge in [-0.3, -0.25) is 9.36 Å². The highest BCUT2D eigenvalue weighted by molar-refractivity contribution is 14.1. The van der Waals surface area contributed by atoms with Crippen molar-refractivity contribution in [3.63, 3.8) is 0 Å². The first-order valence-electron chi connectivity index (χ1n) is 11.9. The fourth-order valence-electron chi connectivity index (χ4n) is 4.28. The molecule has 0 fully saturated rings. The first-order valence-corrected chi connectivity index (χ1v) is 15.7. The van der Waals surface area contributed by atoms with Crippen LogP contribution in [-0.4, -0.2) is 23.8 Å². The van der Waals surface area contributed by atoms with Gasteiger partial charge in [0.05, 0.1) is 32.6 Å². The standard InChI is InChI=1S/C28H22I2N2O4S2/c1-3-35-25-17(13-18(29)15-19(25)30)14-21-26(33)32-24(20-11-8-12-37-20)22(27(34)36-4-2)23(31-28(32)38-21)16-9-6-5-7-10-16/h5-15,24H,3-4H2,1-2H3/b21-14-/t24-/m1/s1. The van der Waals surface area contributed by atoms with E-state index in [2.05, 4.69) is 45.2 Å². The van der Waals surface area contributed by atoms with E-state index in [0.717, 1.165) is 28.9 Å². The zero-order valence-electron chi connectivity index (χ0n) is 20.4. The van der Waals surface area contributed by atoms with E-state index < -0.39 is 12.0 Å². The van der Waals surface area contributed by atoms with Crippen molar-refractivity contribution in [2.45, 2.75) is 19.9 Å². The Labute approximate surface area is 254 Å². The highest BCUT2D eigenvalue weighted by Crippen LogP contribution is 2.37. The molecule has 1 atom stereocenters. The van der Waals surface area contributed by atoms with E-state index in [1.54, 1.807) is 11.5 Å². The Morgan fingerprint density at radius 1 is 1.11 bits per heavy atom. The number of esters is 1. The molecule has 2 aromatic heterocycles. The number of carbonyl (C=O) groups excluding carboxylic acids is 1. The molecule has 0 amide bonds. The molecule has 0 unspecified atom stereocenters. The predicted molar refractivity (Wildman–Crippen MR) is 168 cm³/mol. The minimum absolute atomic E-state index is 0.211. The molecule has 4 aromatic rings. The van der Waals surface area contributed by atoms with Gasteiger partial charge in [-0.1, -0.05) is 47.7 Å². The monoisotopic (exact) mass is 768 g/mol. The first kappa shape index (κ1) is 27.3. The molecule has 3 heterocycles. The number of hydrogen-bond acceptors (Lipinski definition) is 7. The molecule has 0 bridgehead atoms. The fraction of sp³-hybridized carbons (Fsp3) is 0.179. The summed E-state index contributed by atoms with van der Waals surface area (Å²) in [5, 5.41) is 1.94. The van der Waals surface area contributed by atoms with Gasteiger partial charge < -0.3 is 9.47 Å². The van der Waals surface area contributed by atoms with Crippen molar-refractivity contribution in [2.24, 2.45) is 4.99 Å². The molecule has 38 heavy (non-hydrogen) atoms. The molecule has 0 aliphatic carbocycles. The van der Waals surface area contributed by atoms with Crippen molar-refractivity contribution in [1.82, 2.24) is 4.57 Å². The maximum absolute atomic E-state index is 14.0. The molecule has 194 valence electrons. The number of carbonyl (C=O) groups is 1. The van der Waals surface area contributed by atoms with Gasteiger partial charge in [0, 0.05) is 19.6 Å². The van der Waals surface area contributed by atoms with Crippen molar-refractivity contribution in [3.8, 4) is 5.75 Å². The molecule has 0 saturated heterocycles. The van der Waals surface area contributed by atoms with Gasteiger partial charge in [0.1, 0.15) is 11.8 Å². The minimum atomic E-state index is -0.648. The summed E-state index contributed by atoms with van der Waals surface area (Å²) >= 11 is 7.32. The van der Waals surface area contributed by atoms with Gasteiger partial charge in [0.15, 0.2) is 4.80 Å². The van der Waals surface area contributed by atoms with Gasteiger partial charge >= 0.3 is 5.97 Å². The summed E-state index contributed by atoms with van der Waals surface area (Å²) < 4.78 is 15.6. The van der Waals surface area contributed by atoms with Crippen molar-refractivity contribution in [3.05, 3.63) is 108 Å². The summed E-state index contributed by atoms with van der Waals surface area (Å²) in [6, 6.07) is 16.8. The van der Waals surface area contributed by atoms with Gasteiger partial charge in [-0.15, -0.1) is 11.3 Å². The molecule has 2 aromatic carbocycles. The topological polar surface area (TPSA) is 69.9 Å². The second kappa shape index (κ2) is 11.8. The zero-order valence-corrected chi connectivity index (χ0v) is 26.4. The molecule has 1 aliphatic rings. The quantitative estimate of drug-likeness (QED) is 0.182. The van der Waals surface area contributed by atoms with Crippen LogP contribution >= 0.6 is 67.9 Å². The number of aromatic nitrogens is 1. The molecule has 10 heteroatoms. The Kier molecular flexibility index (Phi) is 8.50. The van der Waals surface area contributed by atoms with E-state index in [0.29, 0.717) is 27.2 Å². The highest BCUT2D eigenvalue weighted by atomic mass is 127. The zero-order chi connectivity index (χ0) is 26.8. The molecule has 0 N–H and O–H groups in total. The Bertz CT molecular complexity index is 1710. The third kappa shape index (κ3) is 5.27. The lowest BCUT2D eigenvalue weighted by atomic mass is 9.97. The van der Waals surface area contributed by atoms with Crippen LogP contribution in [0.5, 0.6) is 5.75 Å². The minimum Gasteiger partial charge on any atom is -0.492 e. The number of thiazole rings is 1. The van der Waals surface area contributed by atoms with Gasteiger partial charge in [0.25, 0.3) is 5.56 Å².